The van der Waals surface area contributed by atoms with E-state index in [1.54, 1.807) is 6.07 Å². The molecule has 0 bridgehead atoms. The minimum Gasteiger partial charge on any atom is -0.370 e. The summed E-state index contributed by atoms with van der Waals surface area (Å²) in [4.78, 5) is 18.3. The minimum atomic E-state index is -0.474. The Bertz CT molecular complexity index is 594. The summed E-state index contributed by atoms with van der Waals surface area (Å²) in [7, 11) is 0. The van der Waals surface area contributed by atoms with Crippen molar-refractivity contribution in [1.82, 2.24) is 15.1 Å². The first kappa shape index (κ1) is 14.9. The molecule has 0 atom stereocenters. The molecule has 0 aliphatic carbocycles. The van der Waals surface area contributed by atoms with Gasteiger partial charge in [0, 0.05) is 24.9 Å². The normalized spacial score (nSPS) is 10.8. The highest BCUT2D eigenvalue weighted by molar-refractivity contribution is 5.39. The number of hydrogen-bond donors (Lipinski definition) is 1. The van der Waals surface area contributed by atoms with Crippen molar-refractivity contribution in [3.05, 3.63) is 40.2 Å². The Hall–Kier alpha value is -2.51. The summed E-state index contributed by atoms with van der Waals surface area (Å²) in [6.45, 7) is 4.69. The van der Waals surface area contributed by atoms with Gasteiger partial charge in [-0.1, -0.05) is 19.0 Å². The van der Waals surface area contributed by atoms with Crippen LogP contribution in [-0.2, 0) is 6.42 Å². The van der Waals surface area contributed by atoms with Crippen LogP contribution in [0.3, 0.4) is 0 Å². The van der Waals surface area contributed by atoms with E-state index in [2.05, 4.69) is 20.4 Å². The van der Waals surface area contributed by atoms with Crippen molar-refractivity contribution < 1.29 is 9.45 Å². The molecule has 21 heavy (non-hydrogen) atoms. The van der Waals surface area contributed by atoms with Gasteiger partial charge in [0.2, 0.25) is 5.89 Å². The van der Waals surface area contributed by atoms with Crippen LogP contribution >= 0.6 is 0 Å². The van der Waals surface area contributed by atoms with Crippen LogP contribution in [0.15, 0.2) is 22.9 Å². The van der Waals surface area contributed by atoms with Crippen LogP contribution in [0.5, 0.6) is 0 Å². The summed E-state index contributed by atoms with van der Waals surface area (Å²) < 4.78 is 5.14. The zero-order valence-electron chi connectivity index (χ0n) is 11.9. The third kappa shape index (κ3) is 4.23. The van der Waals surface area contributed by atoms with Crippen LogP contribution in [0.2, 0.25) is 0 Å². The maximum atomic E-state index is 10.5. The van der Waals surface area contributed by atoms with E-state index in [-0.39, 0.29) is 11.6 Å². The summed E-state index contributed by atoms with van der Waals surface area (Å²) in [5.41, 5.74) is -0.0207. The van der Waals surface area contributed by atoms with E-state index < -0.39 is 4.92 Å². The average Bonchev–Trinajstić information content (AvgIpc) is 2.93. The minimum absolute atomic E-state index is 0.0207. The van der Waals surface area contributed by atoms with Crippen molar-refractivity contribution in [3.8, 4) is 0 Å². The second kappa shape index (κ2) is 6.78. The zero-order chi connectivity index (χ0) is 15.2. The number of nitro groups is 1. The Labute approximate surface area is 121 Å². The Balaban J connectivity index is 1.75. The van der Waals surface area contributed by atoms with Gasteiger partial charge >= 0.3 is 0 Å². The van der Waals surface area contributed by atoms with Crippen molar-refractivity contribution >= 4 is 11.5 Å². The standard InChI is InChI=1S/C13H17N5O3/c1-9(2)13-16-12(21-17-13)4-3-7-14-11-6-5-10(8-15-11)18(19)20/h5-6,8-9H,3-4,7H2,1-2H3,(H,14,15). The molecule has 2 aromatic heterocycles. The fourth-order valence-electron chi connectivity index (χ4n) is 1.66. The van der Waals surface area contributed by atoms with Gasteiger partial charge in [0.15, 0.2) is 5.82 Å². The van der Waals surface area contributed by atoms with E-state index in [0.29, 0.717) is 24.7 Å². The second-order valence-corrected chi connectivity index (χ2v) is 4.89. The summed E-state index contributed by atoms with van der Waals surface area (Å²) in [5, 5.41) is 17.5. The van der Waals surface area contributed by atoms with E-state index in [1.807, 2.05) is 13.8 Å². The zero-order valence-corrected chi connectivity index (χ0v) is 11.9. The molecule has 0 aliphatic heterocycles. The number of nitrogens with one attached hydrogen (secondary N) is 1. The molecule has 112 valence electrons. The first-order valence-corrected chi connectivity index (χ1v) is 6.73. The largest absolute Gasteiger partial charge is 0.370 e. The molecule has 0 aromatic carbocycles. The van der Waals surface area contributed by atoms with Gasteiger partial charge in [0.05, 0.1) is 4.92 Å². The number of hydrogen-bond acceptors (Lipinski definition) is 7. The van der Waals surface area contributed by atoms with Gasteiger partial charge in [0.1, 0.15) is 12.0 Å². The number of anilines is 1. The van der Waals surface area contributed by atoms with Crippen molar-refractivity contribution in [2.24, 2.45) is 0 Å². The molecule has 8 nitrogen and oxygen atoms in total. The van der Waals surface area contributed by atoms with Gasteiger partial charge in [-0.05, 0) is 12.5 Å². The van der Waals surface area contributed by atoms with E-state index >= 15 is 0 Å². The van der Waals surface area contributed by atoms with Crippen LogP contribution in [0.1, 0.15) is 37.9 Å². The van der Waals surface area contributed by atoms with E-state index in [9.17, 15) is 10.1 Å². The summed E-state index contributed by atoms with van der Waals surface area (Å²) in [5.74, 6) is 2.20. The molecule has 0 unspecified atom stereocenters. The Morgan fingerprint density at radius 3 is 2.81 bits per heavy atom. The van der Waals surface area contributed by atoms with Crippen LogP contribution in [0.4, 0.5) is 11.5 Å². The topological polar surface area (TPSA) is 107 Å². The highest BCUT2D eigenvalue weighted by Gasteiger charge is 2.09. The highest BCUT2D eigenvalue weighted by atomic mass is 16.6. The molecular formula is C13H17N5O3. The summed E-state index contributed by atoms with van der Waals surface area (Å²) >= 11 is 0. The highest BCUT2D eigenvalue weighted by Crippen LogP contribution is 2.12. The number of aryl methyl sites for hydroxylation is 1. The molecule has 2 heterocycles. The smallest absolute Gasteiger partial charge is 0.287 e. The fourth-order valence-corrected chi connectivity index (χ4v) is 1.66. The van der Waals surface area contributed by atoms with Crippen LogP contribution < -0.4 is 5.32 Å². The Morgan fingerprint density at radius 2 is 2.24 bits per heavy atom. The van der Waals surface area contributed by atoms with Gasteiger partial charge in [-0.2, -0.15) is 4.98 Å². The molecule has 0 radical (unpaired) electrons. The lowest BCUT2D eigenvalue weighted by atomic mass is 10.2. The average molecular weight is 291 g/mol. The number of rotatable bonds is 7. The lowest BCUT2D eigenvalue weighted by molar-refractivity contribution is -0.385. The summed E-state index contributed by atoms with van der Waals surface area (Å²) in [6.07, 6.45) is 2.72. The third-order valence-electron chi connectivity index (χ3n) is 2.83. The predicted octanol–water partition coefficient (Wildman–Crippen LogP) is 2.54. The monoisotopic (exact) mass is 291 g/mol. The molecule has 0 amide bonds. The molecule has 8 heteroatoms. The van der Waals surface area contributed by atoms with Crippen molar-refractivity contribution in [3.63, 3.8) is 0 Å². The molecule has 0 saturated carbocycles. The van der Waals surface area contributed by atoms with Crippen LogP contribution in [0, 0.1) is 10.1 Å². The summed E-state index contributed by atoms with van der Waals surface area (Å²) in [6, 6.07) is 3.00. The molecule has 2 rings (SSSR count). The van der Waals surface area contributed by atoms with Crippen LogP contribution in [-0.4, -0.2) is 26.6 Å². The van der Waals surface area contributed by atoms with Crippen molar-refractivity contribution in [2.75, 3.05) is 11.9 Å². The maximum Gasteiger partial charge on any atom is 0.287 e. The van der Waals surface area contributed by atoms with Crippen molar-refractivity contribution in [2.45, 2.75) is 32.6 Å². The molecular weight excluding hydrogens is 274 g/mol. The number of aromatic nitrogens is 3. The third-order valence-corrected chi connectivity index (χ3v) is 2.83. The van der Waals surface area contributed by atoms with Gasteiger partial charge < -0.3 is 9.84 Å². The maximum absolute atomic E-state index is 10.5. The van der Waals surface area contributed by atoms with Crippen LogP contribution in [0.25, 0.3) is 0 Å². The number of nitrogens with zero attached hydrogens (tertiary/aromatic N) is 4. The molecule has 2 aromatic rings. The van der Waals surface area contributed by atoms with Gasteiger partial charge in [-0.3, -0.25) is 10.1 Å². The van der Waals surface area contributed by atoms with E-state index in [1.165, 1.54) is 12.3 Å². The van der Waals surface area contributed by atoms with Gasteiger partial charge in [-0.25, -0.2) is 4.98 Å². The molecule has 0 saturated heterocycles. The number of pyridine rings is 1. The predicted molar refractivity (Wildman–Crippen MR) is 76.1 cm³/mol. The molecule has 0 fully saturated rings. The Morgan fingerprint density at radius 1 is 1.43 bits per heavy atom. The quantitative estimate of drug-likeness (QED) is 0.474. The SMILES string of the molecule is CC(C)c1noc(CCCNc2ccc([N+](=O)[O-])cn2)n1. The fraction of sp³-hybridized carbons (Fsp3) is 0.462. The van der Waals surface area contributed by atoms with Gasteiger partial charge in [0.25, 0.3) is 5.69 Å². The van der Waals surface area contributed by atoms with Crippen molar-refractivity contribution in [1.29, 1.82) is 0 Å². The van der Waals surface area contributed by atoms with E-state index in [0.717, 1.165) is 12.2 Å². The first-order valence-electron chi connectivity index (χ1n) is 6.73. The molecule has 0 aliphatic rings. The lowest BCUT2D eigenvalue weighted by Crippen LogP contribution is -2.05. The lowest BCUT2D eigenvalue weighted by Gasteiger charge is -2.03. The second-order valence-electron chi connectivity index (χ2n) is 4.89. The van der Waals surface area contributed by atoms with Gasteiger partial charge in [-0.15, -0.1) is 0 Å². The Kier molecular flexibility index (Phi) is 4.81. The molecule has 0 spiro atoms. The van der Waals surface area contributed by atoms with E-state index in [4.69, 9.17) is 4.52 Å². The first-order chi connectivity index (χ1) is 10.1. The molecule has 1 N–H and O–H groups in total.